The minimum absolute atomic E-state index is 0.0790. The summed E-state index contributed by atoms with van der Waals surface area (Å²) in [7, 11) is 1.60. The van der Waals surface area contributed by atoms with E-state index in [4.69, 9.17) is 21.1 Å². The van der Waals surface area contributed by atoms with Crippen molar-refractivity contribution in [2.24, 2.45) is 0 Å². The lowest BCUT2D eigenvalue weighted by atomic mass is 10.0. The normalized spacial score (nSPS) is 12.4. The monoisotopic (exact) mass is 419 g/mol. The van der Waals surface area contributed by atoms with Crippen LogP contribution >= 0.6 is 27.5 Å². The number of halogens is 2. The highest BCUT2D eigenvalue weighted by atomic mass is 79.9. The van der Waals surface area contributed by atoms with Gasteiger partial charge < -0.3 is 9.47 Å². The van der Waals surface area contributed by atoms with Crippen molar-refractivity contribution in [1.82, 2.24) is 0 Å². The molecular formula is C20H19BrClNO2. The van der Waals surface area contributed by atoms with Crippen molar-refractivity contribution in [3.63, 3.8) is 0 Å². The molecule has 0 aromatic heterocycles. The number of allylic oxidation sites excluding steroid dienone is 1. The second kappa shape index (κ2) is 8.94. The number of hydrogen-bond acceptors (Lipinski definition) is 3. The third-order valence-electron chi connectivity index (χ3n) is 3.73. The van der Waals surface area contributed by atoms with Crippen molar-refractivity contribution < 1.29 is 9.47 Å². The second-order valence-electron chi connectivity index (χ2n) is 5.55. The molecule has 5 heteroatoms. The molecule has 0 bridgehead atoms. The molecule has 1 atom stereocenters. The summed E-state index contributed by atoms with van der Waals surface area (Å²) in [5, 5.41) is 10.1. The fourth-order valence-corrected chi connectivity index (χ4v) is 2.88. The van der Waals surface area contributed by atoms with Crippen LogP contribution in [0.1, 0.15) is 31.4 Å². The molecule has 0 radical (unpaired) electrons. The van der Waals surface area contributed by atoms with E-state index in [0.29, 0.717) is 22.1 Å². The van der Waals surface area contributed by atoms with Gasteiger partial charge in [0.2, 0.25) is 0 Å². The van der Waals surface area contributed by atoms with E-state index in [1.807, 2.05) is 37.3 Å². The molecule has 0 N–H and O–H groups in total. The fourth-order valence-electron chi connectivity index (χ4n) is 2.20. The van der Waals surface area contributed by atoms with Crippen LogP contribution in [0.4, 0.5) is 0 Å². The smallest absolute Gasteiger partial charge is 0.175 e. The van der Waals surface area contributed by atoms with Gasteiger partial charge in [0.15, 0.2) is 11.5 Å². The maximum Gasteiger partial charge on any atom is 0.175 e. The highest BCUT2D eigenvalue weighted by Crippen LogP contribution is 2.38. The Morgan fingerprint density at radius 3 is 2.56 bits per heavy atom. The molecule has 0 amide bonds. The van der Waals surface area contributed by atoms with Gasteiger partial charge >= 0.3 is 0 Å². The first-order valence-corrected chi connectivity index (χ1v) is 9.07. The first kappa shape index (κ1) is 19.4. The molecule has 0 unspecified atom stereocenters. The molecule has 0 spiro atoms. The molecule has 130 valence electrons. The summed E-state index contributed by atoms with van der Waals surface area (Å²) in [6, 6.07) is 13.2. The summed E-state index contributed by atoms with van der Waals surface area (Å²) in [4.78, 5) is 0. The van der Waals surface area contributed by atoms with Crippen molar-refractivity contribution in [2.75, 3.05) is 7.11 Å². The summed E-state index contributed by atoms with van der Waals surface area (Å²) in [6.07, 6.45) is 2.78. The maximum atomic E-state index is 9.49. The molecule has 0 heterocycles. The van der Waals surface area contributed by atoms with Crippen LogP contribution in [0, 0.1) is 11.3 Å². The molecule has 0 aliphatic heterocycles. The lowest BCUT2D eigenvalue weighted by Crippen LogP contribution is -2.11. The van der Waals surface area contributed by atoms with Crippen LogP contribution in [-0.2, 0) is 0 Å². The second-order valence-corrected chi connectivity index (χ2v) is 6.84. The third-order valence-corrected chi connectivity index (χ3v) is 4.57. The van der Waals surface area contributed by atoms with Gasteiger partial charge in [0.05, 0.1) is 29.3 Å². The first-order chi connectivity index (χ1) is 12.0. The molecule has 25 heavy (non-hydrogen) atoms. The van der Waals surface area contributed by atoms with E-state index in [2.05, 4.69) is 28.9 Å². The van der Waals surface area contributed by atoms with Gasteiger partial charge in [-0.05, 0) is 70.7 Å². The summed E-state index contributed by atoms with van der Waals surface area (Å²) in [5.41, 5.74) is 2.19. The van der Waals surface area contributed by atoms with E-state index in [1.54, 1.807) is 19.2 Å². The largest absolute Gasteiger partial charge is 0.493 e. The number of methoxy groups -OCH3 is 1. The molecule has 0 aliphatic carbocycles. The molecule has 2 aromatic carbocycles. The van der Waals surface area contributed by atoms with E-state index >= 15 is 0 Å². The Labute approximate surface area is 162 Å². The Balaban J connectivity index is 2.43. The summed E-state index contributed by atoms with van der Waals surface area (Å²) in [5.74, 6) is 1.29. The van der Waals surface area contributed by atoms with Gasteiger partial charge in [-0.2, -0.15) is 5.26 Å². The Morgan fingerprint density at radius 2 is 2.00 bits per heavy atom. The Bertz CT molecular complexity index is 810. The van der Waals surface area contributed by atoms with Crippen molar-refractivity contribution >= 4 is 39.2 Å². The Kier molecular flexibility index (Phi) is 6.92. The number of benzene rings is 2. The lowest BCUT2D eigenvalue weighted by molar-refractivity contribution is 0.206. The highest BCUT2D eigenvalue weighted by molar-refractivity contribution is 9.10. The quantitative estimate of drug-likeness (QED) is 0.404. The Hall–Kier alpha value is -1.96. The van der Waals surface area contributed by atoms with Crippen LogP contribution in [0.5, 0.6) is 11.5 Å². The maximum absolute atomic E-state index is 9.49. The number of nitrogens with zero attached hydrogens (tertiary/aromatic N) is 1. The molecule has 0 aliphatic rings. The Morgan fingerprint density at radius 1 is 1.32 bits per heavy atom. The number of hydrogen-bond donors (Lipinski definition) is 0. The number of rotatable bonds is 6. The average molecular weight is 421 g/mol. The third kappa shape index (κ3) is 5.01. The minimum atomic E-state index is 0.0790. The molecule has 2 aromatic rings. The van der Waals surface area contributed by atoms with Crippen LogP contribution in [0.2, 0.25) is 5.02 Å². The summed E-state index contributed by atoms with van der Waals surface area (Å²) >= 11 is 9.45. The lowest BCUT2D eigenvalue weighted by Gasteiger charge is -2.17. The van der Waals surface area contributed by atoms with Crippen LogP contribution < -0.4 is 9.47 Å². The van der Waals surface area contributed by atoms with Crippen molar-refractivity contribution in [3.05, 3.63) is 57.0 Å². The standard InChI is InChI=1S/C20H19BrClNO2/c1-4-13(2)25-20-18(21)10-14(11-19(20)24-3)9-16(12-23)15-5-7-17(22)8-6-15/h5-11,13H,4H2,1-3H3/b16-9-/t13-/m0/s1. The minimum Gasteiger partial charge on any atom is -0.493 e. The van der Waals surface area contributed by atoms with Crippen LogP contribution in [0.25, 0.3) is 11.6 Å². The van der Waals surface area contributed by atoms with Gasteiger partial charge in [-0.25, -0.2) is 0 Å². The zero-order valence-electron chi connectivity index (χ0n) is 14.3. The molecule has 0 saturated heterocycles. The summed E-state index contributed by atoms with van der Waals surface area (Å²) in [6.45, 7) is 4.07. The number of ether oxygens (including phenoxy) is 2. The van der Waals surface area contributed by atoms with E-state index in [0.717, 1.165) is 22.0 Å². The van der Waals surface area contributed by atoms with E-state index in [1.165, 1.54) is 0 Å². The molecule has 0 saturated carbocycles. The van der Waals surface area contributed by atoms with Gasteiger partial charge in [0.25, 0.3) is 0 Å². The molecular weight excluding hydrogens is 402 g/mol. The SMILES string of the molecule is CC[C@H](C)Oc1c(Br)cc(/C=C(/C#N)c2ccc(Cl)cc2)cc1OC. The van der Waals surface area contributed by atoms with Crippen molar-refractivity contribution in [3.8, 4) is 17.6 Å². The average Bonchev–Trinajstić information content (AvgIpc) is 2.62. The molecule has 0 fully saturated rings. The highest BCUT2D eigenvalue weighted by Gasteiger charge is 2.14. The van der Waals surface area contributed by atoms with Gasteiger partial charge in [-0.15, -0.1) is 0 Å². The van der Waals surface area contributed by atoms with E-state index < -0.39 is 0 Å². The van der Waals surface area contributed by atoms with E-state index in [9.17, 15) is 5.26 Å². The predicted molar refractivity (Wildman–Crippen MR) is 106 cm³/mol. The zero-order valence-corrected chi connectivity index (χ0v) is 16.7. The first-order valence-electron chi connectivity index (χ1n) is 7.90. The van der Waals surface area contributed by atoms with Crippen LogP contribution in [-0.4, -0.2) is 13.2 Å². The van der Waals surface area contributed by atoms with Gasteiger partial charge in [0, 0.05) is 5.02 Å². The molecule has 3 nitrogen and oxygen atoms in total. The van der Waals surface area contributed by atoms with Gasteiger partial charge in [-0.1, -0.05) is 30.7 Å². The zero-order chi connectivity index (χ0) is 18.4. The van der Waals surface area contributed by atoms with Gasteiger partial charge in [0.1, 0.15) is 0 Å². The summed E-state index contributed by atoms with van der Waals surface area (Å²) < 4.78 is 12.2. The predicted octanol–water partition coefficient (Wildman–Crippen LogP) is 6.35. The van der Waals surface area contributed by atoms with Crippen LogP contribution in [0.3, 0.4) is 0 Å². The number of nitriles is 1. The topological polar surface area (TPSA) is 42.2 Å². The van der Waals surface area contributed by atoms with Gasteiger partial charge in [-0.3, -0.25) is 0 Å². The van der Waals surface area contributed by atoms with Crippen LogP contribution in [0.15, 0.2) is 40.9 Å². The molecule has 2 rings (SSSR count). The fraction of sp³-hybridized carbons (Fsp3) is 0.250. The van der Waals surface area contributed by atoms with E-state index in [-0.39, 0.29) is 6.10 Å². The van der Waals surface area contributed by atoms with Crippen molar-refractivity contribution in [1.29, 1.82) is 5.26 Å². The van der Waals surface area contributed by atoms with Crippen molar-refractivity contribution in [2.45, 2.75) is 26.4 Å².